The van der Waals surface area contributed by atoms with Crippen molar-refractivity contribution in [2.45, 2.75) is 63.7 Å². The molecule has 3 aromatic rings. The molecule has 7 rings (SSSR count). The summed E-state index contributed by atoms with van der Waals surface area (Å²) in [7, 11) is 3.76. The third-order valence-electron chi connectivity index (χ3n) is 10.6. The zero-order valence-corrected chi connectivity index (χ0v) is 31.2. The Balaban J connectivity index is 0.000000242. The van der Waals surface area contributed by atoms with Crippen molar-refractivity contribution < 1.29 is 18.8 Å². The molecule has 4 saturated heterocycles. The number of carbonyl (C=O) groups excluding carboxylic acids is 3. The van der Waals surface area contributed by atoms with E-state index in [2.05, 4.69) is 43.2 Å². The van der Waals surface area contributed by atoms with Crippen LogP contribution in [0.15, 0.2) is 64.0 Å². The Bertz CT molecular complexity index is 1730. The van der Waals surface area contributed by atoms with Crippen LogP contribution in [0.5, 0.6) is 0 Å². The second-order valence-electron chi connectivity index (χ2n) is 14.1. The van der Waals surface area contributed by atoms with Gasteiger partial charge < -0.3 is 20.4 Å². The fourth-order valence-corrected chi connectivity index (χ4v) is 7.61. The molecule has 0 aliphatic carbocycles. The number of nitrogens with zero attached hydrogens (tertiary/aromatic N) is 5. The minimum absolute atomic E-state index is 0.103. The maximum absolute atomic E-state index is 15.0. The molecular formula is C38H49BrFN7O4. The van der Waals surface area contributed by atoms with Crippen LogP contribution in [0.2, 0.25) is 0 Å². The molecule has 3 N–H and O–H groups in total. The van der Waals surface area contributed by atoms with Crippen LogP contribution in [0.1, 0.15) is 79.6 Å². The predicted octanol–water partition coefficient (Wildman–Crippen LogP) is 5.10. The molecule has 4 aliphatic heterocycles. The van der Waals surface area contributed by atoms with Crippen LogP contribution in [-0.4, -0.2) is 83.6 Å². The number of halogens is 2. The quantitative estimate of drug-likeness (QED) is 0.353. The second-order valence-corrected chi connectivity index (χ2v) is 14.9. The number of nitrogen functional groups attached to an aromatic ring is 1. The van der Waals surface area contributed by atoms with Gasteiger partial charge in [-0.1, -0.05) is 30.7 Å². The number of likely N-dealkylation sites (tertiary alicyclic amines) is 2. The summed E-state index contributed by atoms with van der Waals surface area (Å²) in [5.74, 6) is -1.31. The van der Waals surface area contributed by atoms with E-state index in [9.17, 15) is 19.2 Å². The Kier molecular flexibility index (Phi) is 13.0. The van der Waals surface area contributed by atoms with Crippen LogP contribution >= 0.6 is 15.9 Å². The van der Waals surface area contributed by atoms with E-state index in [1.54, 1.807) is 13.1 Å². The third-order valence-corrected chi connectivity index (χ3v) is 11.4. The summed E-state index contributed by atoms with van der Waals surface area (Å²) in [5, 5.41) is 6.03. The monoisotopic (exact) mass is 765 g/mol. The largest absolute Gasteiger partial charge is 0.396 e. The van der Waals surface area contributed by atoms with Crippen LogP contribution in [0.3, 0.4) is 0 Å². The first kappa shape index (κ1) is 38.1. The maximum Gasteiger partial charge on any atom is 0.282 e. The molecule has 0 saturated carbocycles. The molecule has 1 unspecified atom stereocenters. The van der Waals surface area contributed by atoms with Crippen molar-refractivity contribution >= 4 is 45.0 Å². The summed E-state index contributed by atoms with van der Waals surface area (Å²) in [4.78, 5) is 53.7. The molecule has 13 heteroatoms. The highest BCUT2D eigenvalue weighted by Gasteiger charge is 2.39. The van der Waals surface area contributed by atoms with Gasteiger partial charge in [0.25, 0.3) is 11.5 Å². The molecule has 4 aliphatic rings. The number of piperidine rings is 4. The van der Waals surface area contributed by atoms with E-state index in [0.29, 0.717) is 27.8 Å². The summed E-state index contributed by atoms with van der Waals surface area (Å²) < 4.78 is 16.6. The molecular weight excluding hydrogens is 717 g/mol. The molecule has 3 amide bonds. The molecule has 0 radical (unpaired) electrons. The minimum atomic E-state index is -0.477. The van der Waals surface area contributed by atoms with E-state index in [1.807, 2.05) is 41.3 Å². The topological polar surface area (TPSA) is 134 Å². The van der Waals surface area contributed by atoms with Gasteiger partial charge in [-0.05, 0) is 116 Å². The van der Waals surface area contributed by atoms with Crippen molar-refractivity contribution in [2.24, 2.45) is 12.5 Å². The van der Waals surface area contributed by atoms with E-state index >= 15 is 4.39 Å². The van der Waals surface area contributed by atoms with Crippen LogP contribution in [0.4, 0.5) is 15.8 Å². The van der Waals surface area contributed by atoms with Gasteiger partial charge in [-0.3, -0.25) is 24.5 Å². The van der Waals surface area contributed by atoms with Gasteiger partial charge in [-0.25, -0.2) is 9.07 Å². The fourth-order valence-electron chi connectivity index (χ4n) is 7.25. The number of nitrogens with one attached hydrogen (secondary N) is 1. The Morgan fingerprint density at radius 2 is 1.57 bits per heavy atom. The van der Waals surface area contributed by atoms with E-state index in [0.717, 1.165) is 57.4 Å². The first-order valence-corrected chi connectivity index (χ1v) is 18.6. The summed E-state index contributed by atoms with van der Waals surface area (Å²) in [6.45, 7) is 5.73. The third kappa shape index (κ3) is 9.82. The number of hydrogen-bond donors (Lipinski definition) is 2. The van der Waals surface area contributed by atoms with Crippen molar-refractivity contribution in [3.8, 4) is 0 Å². The summed E-state index contributed by atoms with van der Waals surface area (Å²) in [5.41, 5.74) is 7.66. The average Bonchev–Trinajstić information content (AvgIpc) is 3.14. The Hall–Kier alpha value is -4.10. The number of rotatable bonds is 3. The second kappa shape index (κ2) is 17.4. The molecule has 11 nitrogen and oxygen atoms in total. The molecule has 2 aromatic carbocycles. The van der Waals surface area contributed by atoms with Crippen LogP contribution in [-0.2, 0) is 16.6 Å². The summed E-state index contributed by atoms with van der Waals surface area (Å²) in [6.07, 6.45) is 10.3. The van der Waals surface area contributed by atoms with E-state index in [4.69, 9.17) is 5.73 Å². The number of benzene rings is 2. The Morgan fingerprint density at radius 3 is 2.14 bits per heavy atom. The highest BCUT2D eigenvalue weighted by Crippen LogP contribution is 2.43. The Morgan fingerprint density at radius 1 is 0.922 bits per heavy atom. The van der Waals surface area contributed by atoms with Gasteiger partial charge in [0.15, 0.2) is 0 Å². The summed E-state index contributed by atoms with van der Waals surface area (Å²) >= 11 is 3.03. The van der Waals surface area contributed by atoms with E-state index in [1.165, 1.54) is 49.3 Å². The van der Waals surface area contributed by atoms with Gasteiger partial charge in [0.2, 0.25) is 11.8 Å². The standard InChI is InChI=1S/C27H30FN3O3.C6H13N.C5H6BrN3O/c28-22-18-20(21-7-9-24(32)29-25(21)33)6-8-23(22)30-14-10-27(11-15-30)12-16-31(17-13-27)26(34)19-4-2-1-3-5-19;1-7-5-3-2-4-6-7;1-9-5(10)4(6)3(7)2-8-9/h1-6,8,18,21H,7,9-17H2,(H,29,32,33);2-6H2,1H3;2H,7H2,1H3. The molecule has 51 heavy (non-hydrogen) atoms. The lowest BCUT2D eigenvalue weighted by atomic mass is 9.71. The van der Waals surface area contributed by atoms with E-state index in [-0.39, 0.29) is 40.9 Å². The van der Waals surface area contributed by atoms with Gasteiger partial charge >= 0.3 is 0 Å². The van der Waals surface area contributed by atoms with Gasteiger partial charge in [0.05, 0.1) is 23.5 Å². The smallest absolute Gasteiger partial charge is 0.282 e. The fraction of sp³-hybridized carbons (Fsp3) is 0.500. The van der Waals surface area contributed by atoms with Crippen molar-refractivity contribution in [1.29, 1.82) is 0 Å². The van der Waals surface area contributed by atoms with Crippen molar-refractivity contribution in [1.82, 2.24) is 24.9 Å². The zero-order valence-electron chi connectivity index (χ0n) is 29.6. The maximum atomic E-state index is 15.0. The lowest BCUT2D eigenvalue weighted by Gasteiger charge is -2.47. The van der Waals surface area contributed by atoms with Gasteiger partial charge in [-0.2, -0.15) is 5.10 Å². The van der Waals surface area contributed by atoms with E-state index < -0.39 is 5.92 Å². The Labute approximate surface area is 307 Å². The number of aryl methyl sites for hydroxylation is 1. The molecule has 1 aromatic heterocycles. The number of aromatic nitrogens is 2. The molecule has 1 spiro atoms. The summed E-state index contributed by atoms with van der Waals surface area (Å²) in [6, 6.07) is 14.5. The SMILES string of the molecule is CN1CCCCC1.Cn1ncc(N)c(Br)c1=O.O=C1CCC(c2ccc(N3CCC4(CCN(C(=O)c5ccccc5)CC4)CC3)c(F)c2)C(=O)N1. The number of amides is 3. The number of carbonyl (C=O) groups is 3. The molecule has 4 fully saturated rings. The first-order valence-electron chi connectivity index (χ1n) is 17.8. The first-order chi connectivity index (χ1) is 24.5. The van der Waals surface area contributed by atoms with Crippen LogP contribution in [0.25, 0.3) is 0 Å². The minimum Gasteiger partial charge on any atom is -0.396 e. The van der Waals surface area contributed by atoms with Crippen molar-refractivity contribution in [3.05, 3.63) is 86.5 Å². The van der Waals surface area contributed by atoms with Crippen LogP contribution < -0.4 is 21.5 Å². The van der Waals surface area contributed by atoms with Crippen molar-refractivity contribution in [3.63, 3.8) is 0 Å². The molecule has 5 heterocycles. The number of imide groups is 1. The van der Waals surface area contributed by atoms with Gasteiger partial charge in [0.1, 0.15) is 10.3 Å². The number of nitrogens with two attached hydrogens (primary N) is 1. The van der Waals surface area contributed by atoms with Gasteiger partial charge in [-0.15, -0.1) is 0 Å². The number of hydrogen-bond acceptors (Lipinski definition) is 8. The highest BCUT2D eigenvalue weighted by atomic mass is 79.9. The molecule has 274 valence electrons. The average molecular weight is 767 g/mol. The molecule has 1 atom stereocenters. The predicted molar refractivity (Wildman–Crippen MR) is 200 cm³/mol. The highest BCUT2D eigenvalue weighted by molar-refractivity contribution is 9.10. The lowest BCUT2D eigenvalue weighted by Crippen LogP contribution is -2.48. The lowest BCUT2D eigenvalue weighted by molar-refractivity contribution is -0.134. The normalized spacial score (nSPS) is 20.4. The zero-order chi connectivity index (χ0) is 36.5. The molecule has 0 bridgehead atoms. The van der Waals surface area contributed by atoms with Crippen molar-refractivity contribution in [2.75, 3.05) is 56.9 Å². The number of anilines is 2. The van der Waals surface area contributed by atoms with Crippen LogP contribution in [0, 0.1) is 11.2 Å². The van der Waals surface area contributed by atoms with Gasteiger partial charge in [0, 0.05) is 45.2 Å².